The summed E-state index contributed by atoms with van der Waals surface area (Å²) in [7, 11) is 0. The molecule has 3 N–H and O–H groups in total. The molecule has 5 aromatic rings. The Bertz CT molecular complexity index is 1650. The molecule has 0 unspecified atom stereocenters. The first-order valence-electron chi connectivity index (χ1n) is 10.9. The zero-order chi connectivity index (χ0) is 26.5. The molecule has 4 heterocycles. The number of aromatic nitrogens is 3. The first-order valence-corrected chi connectivity index (χ1v) is 11.7. The molecule has 0 aliphatic heterocycles. The van der Waals surface area contributed by atoms with Crippen LogP contribution in [0.4, 0.5) is 18.9 Å². The van der Waals surface area contributed by atoms with Gasteiger partial charge in [-0.05, 0) is 44.2 Å². The van der Waals surface area contributed by atoms with Crippen molar-refractivity contribution >= 4 is 39.1 Å². The van der Waals surface area contributed by atoms with Gasteiger partial charge < -0.3 is 15.5 Å². The number of amides is 2. The molecule has 1 aromatic carbocycles. The number of nitrogens with zero attached hydrogens (tertiary/aromatic N) is 3. The predicted octanol–water partition coefficient (Wildman–Crippen LogP) is 5.73. The Kier molecular flexibility index (Phi) is 5.83. The molecule has 0 saturated heterocycles. The van der Waals surface area contributed by atoms with Crippen LogP contribution in [-0.2, 0) is 6.18 Å². The fraction of sp³-hybridized carbons (Fsp3) is 0.120. The maximum absolute atomic E-state index is 13.6. The molecule has 8 nitrogen and oxygen atoms in total. The van der Waals surface area contributed by atoms with E-state index in [2.05, 4.69) is 15.4 Å². The van der Waals surface area contributed by atoms with Crippen LogP contribution in [-0.4, -0.2) is 26.6 Å². The van der Waals surface area contributed by atoms with E-state index in [4.69, 9.17) is 10.2 Å². The number of para-hydroxylation sites is 1. The summed E-state index contributed by atoms with van der Waals surface area (Å²) in [5.74, 6) is -1.43. The maximum atomic E-state index is 13.6. The number of hydrogen-bond acceptors (Lipinski definition) is 6. The number of hydrogen-bond donors (Lipinski definition) is 2. The second kappa shape index (κ2) is 8.89. The summed E-state index contributed by atoms with van der Waals surface area (Å²) in [6.07, 6.45) is -3.45. The lowest BCUT2D eigenvalue weighted by molar-refractivity contribution is -0.140. The van der Waals surface area contributed by atoms with Crippen molar-refractivity contribution in [2.45, 2.75) is 20.0 Å². The molecular weight excluding hydrogens is 507 g/mol. The number of carbonyl (C=O) groups excluding carboxylic acids is 2. The second-order valence-corrected chi connectivity index (χ2v) is 9.13. The molecular formula is C25H18F3N5O3S. The van der Waals surface area contributed by atoms with Gasteiger partial charge >= 0.3 is 6.18 Å². The summed E-state index contributed by atoms with van der Waals surface area (Å²) in [5.41, 5.74) is 6.29. The third-order valence-corrected chi connectivity index (χ3v) is 6.82. The smallest absolute Gasteiger partial charge is 0.433 e. The van der Waals surface area contributed by atoms with Gasteiger partial charge in [0.05, 0.1) is 34.6 Å². The highest BCUT2D eigenvalue weighted by Gasteiger charge is 2.35. The van der Waals surface area contributed by atoms with E-state index in [1.807, 2.05) is 30.3 Å². The Balaban J connectivity index is 1.68. The molecule has 0 saturated carbocycles. The molecule has 0 spiro atoms. The molecule has 0 bridgehead atoms. The second-order valence-electron chi connectivity index (χ2n) is 8.13. The van der Waals surface area contributed by atoms with Crippen LogP contribution in [0.25, 0.3) is 27.2 Å². The molecule has 4 aromatic heterocycles. The van der Waals surface area contributed by atoms with E-state index in [1.165, 1.54) is 18.4 Å². The number of rotatable bonds is 5. The van der Waals surface area contributed by atoms with Crippen LogP contribution in [0.15, 0.2) is 59.2 Å². The summed E-state index contributed by atoms with van der Waals surface area (Å²) in [6.45, 7) is 3.38. The number of thiophene rings is 1. The van der Waals surface area contributed by atoms with Crippen molar-refractivity contribution < 1.29 is 27.2 Å². The summed E-state index contributed by atoms with van der Waals surface area (Å²) in [6, 6.07) is 13.0. The van der Waals surface area contributed by atoms with E-state index >= 15 is 0 Å². The number of nitrogens with one attached hydrogen (secondary N) is 1. The molecule has 5 rings (SSSR count). The average Bonchev–Trinajstić information content (AvgIpc) is 3.57. The first-order chi connectivity index (χ1) is 17.6. The molecule has 12 heteroatoms. The monoisotopic (exact) mass is 525 g/mol. The van der Waals surface area contributed by atoms with Gasteiger partial charge in [0, 0.05) is 10.9 Å². The van der Waals surface area contributed by atoms with Crippen molar-refractivity contribution in [2.75, 3.05) is 5.32 Å². The summed E-state index contributed by atoms with van der Waals surface area (Å²) in [5, 5.41) is 7.27. The molecule has 0 aliphatic rings. The summed E-state index contributed by atoms with van der Waals surface area (Å²) in [4.78, 5) is 29.3. The molecule has 0 radical (unpaired) electrons. The normalized spacial score (nSPS) is 11.7. The number of pyridine rings is 1. The highest BCUT2D eigenvalue weighted by Crippen LogP contribution is 2.44. The quantitative estimate of drug-likeness (QED) is 0.304. The summed E-state index contributed by atoms with van der Waals surface area (Å²) < 4.78 is 47.8. The molecule has 0 fully saturated rings. The molecule has 0 aliphatic carbocycles. The Morgan fingerprint density at radius 3 is 2.46 bits per heavy atom. The Morgan fingerprint density at radius 2 is 1.84 bits per heavy atom. The minimum absolute atomic E-state index is 0.00907. The number of benzene rings is 1. The Morgan fingerprint density at radius 1 is 1.11 bits per heavy atom. The highest BCUT2D eigenvalue weighted by molar-refractivity contribution is 7.21. The van der Waals surface area contributed by atoms with Crippen LogP contribution >= 0.6 is 11.3 Å². The molecule has 0 atom stereocenters. The predicted molar refractivity (Wildman–Crippen MR) is 132 cm³/mol. The number of halogens is 3. The minimum Gasteiger partial charge on any atom is -0.464 e. The lowest BCUT2D eigenvalue weighted by Crippen LogP contribution is -2.18. The van der Waals surface area contributed by atoms with Gasteiger partial charge in [-0.25, -0.2) is 9.67 Å². The topological polar surface area (TPSA) is 116 Å². The fourth-order valence-electron chi connectivity index (χ4n) is 4.13. The number of primary amides is 1. The van der Waals surface area contributed by atoms with Gasteiger partial charge in [-0.1, -0.05) is 18.2 Å². The number of anilines is 1. The van der Waals surface area contributed by atoms with Crippen molar-refractivity contribution in [3.8, 4) is 17.0 Å². The molecule has 2 amide bonds. The van der Waals surface area contributed by atoms with Gasteiger partial charge in [-0.2, -0.15) is 18.3 Å². The van der Waals surface area contributed by atoms with Crippen molar-refractivity contribution in [1.82, 2.24) is 14.8 Å². The number of alkyl halides is 3. The van der Waals surface area contributed by atoms with Gasteiger partial charge in [0.2, 0.25) is 0 Å². The van der Waals surface area contributed by atoms with Crippen LogP contribution in [0.1, 0.15) is 37.1 Å². The zero-order valence-corrected chi connectivity index (χ0v) is 20.2. The Labute approximate surface area is 211 Å². The molecule has 188 valence electrons. The molecule has 37 heavy (non-hydrogen) atoms. The fourth-order valence-corrected chi connectivity index (χ4v) is 5.14. The maximum Gasteiger partial charge on any atom is 0.433 e. The van der Waals surface area contributed by atoms with E-state index in [1.54, 1.807) is 18.5 Å². The highest BCUT2D eigenvalue weighted by atomic mass is 32.1. The van der Waals surface area contributed by atoms with Crippen molar-refractivity contribution in [1.29, 1.82) is 0 Å². The lowest BCUT2D eigenvalue weighted by atomic mass is 10.1. The minimum atomic E-state index is -4.75. The van der Waals surface area contributed by atoms with Crippen molar-refractivity contribution in [3.63, 3.8) is 0 Å². The van der Waals surface area contributed by atoms with E-state index in [9.17, 15) is 22.8 Å². The van der Waals surface area contributed by atoms with E-state index < -0.39 is 23.7 Å². The zero-order valence-electron chi connectivity index (χ0n) is 19.4. The average molecular weight is 526 g/mol. The standard InChI is InChI=1S/C25H18F3N5O3S/c1-12-18(13(2)33(32-12)14-7-4-3-5-8-14)23(35)31-20-19-15(16-9-6-10-36-16)11-17(25(26,27)28)30-24(19)37-21(20)22(29)34/h3-11H,1-2H3,(H2,29,34)(H,31,35). The number of nitrogens with two attached hydrogens (primary N) is 1. The van der Waals surface area contributed by atoms with Crippen LogP contribution in [0.5, 0.6) is 0 Å². The van der Waals surface area contributed by atoms with Crippen LogP contribution in [0.3, 0.4) is 0 Å². The van der Waals surface area contributed by atoms with Crippen molar-refractivity contribution in [3.05, 3.63) is 82.3 Å². The number of furan rings is 1. The summed E-state index contributed by atoms with van der Waals surface area (Å²) >= 11 is 0.658. The van der Waals surface area contributed by atoms with Crippen LogP contribution in [0, 0.1) is 13.8 Å². The van der Waals surface area contributed by atoms with Gasteiger partial charge in [-0.3, -0.25) is 9.59 Å². The van der Waals surface area contributed by atoms with Gasteiger partial charge in [-0.15, -0.1) is 11.3 Å². The number of fused-ring (bicyclic) bond motifs is 1. The van der Waals surface area contributed by atoms with Gasteiger partial charge in [0.25, 0.3) is 11.8 Å². The third-order valence-electron chi connectivity index (χ3n) is 5.72. The van der Waals surface area contributed by atoms with Crippen LogP contribution < -0.4 is 11.1 Å². The van der Waals surface area contributed by atoms with E-state index in [-0.39, 0.29) is 37.7 Å². The third kappa shape index (κ3) is 4.25. The van der Waals surface area contributed by atoms with Crippen LogP contribution in [0.2, 0.25) is 0 Å². The van der Waals surface area contributed by atoms with Crippen molar-refractivity contribution in [2.24, 2.45) is 5.73 Å². The first kappa shape index (κ1) is 24.3. The van der Waals surface area contributed by atoms with Gasteiger partial charge in [0.1, 0.15) is 21.2 Å². The van der Waals surface area contributed by atoms with E-state index in [0.717, 1.165) is 11.8 Å². The Hall–Kier alpha value is -4.45. The van der Waals surface area contributed by atoms with E-state index in [0.29, 0.717) is 22.7 Å². The number of carbonyl (C=O) groups is 2. The van der Waals surface area contributed by atoms with Gasteiger partial charge in [0.15, 0.2) is 0 Å². The lowest BCUT2D eigenvalue weighted by Gasteiger charge is -2.11. The largest absolute Gasteiger partial charge is 0.464 e. The SMILES string of the molecule is Cc1nn(-c2ccccc2)c(C)c1C(=O)Nc1c(C(N)=O)sc2nc(C(F)(F)F)cc(-c3ccco3)c12. The number of aryl methyl sites for hydroxylation is 1.